The van der Waals surface area contributed by atoms with Gasteiger partial charge in [-0.05, 0) is 57.8 Å². The smallest absolute Gasteiger partial charge is 0.220 e. The van der Waals surface area contributed by atoms with Gasteiger partial charge in [0.25, 0.3) is 0 Å². The van der Waals surface area contributed by atoms with Crippen molar-refractivity contribution in [3.63, 3.8) is 0 Å². The van der Waals surface area contributed by atoms with E-state index in [0.717, 1.165) is 51.4 Å². The minimum atomic E-state index is -1.79. The molecular weight excluding hydrogens is 1060 g/mol. The fourth-order valence-corrected chi connectivity index (χ4v) is 11.4. The lowest BCUT2D eigenvalue weighted by Gasteiger charge is -2.46. The lowest BCUT2D eigenvalue weighted by molar-refractivity contribution is -0.359. The third kappa shape index (κ3) is 39.1. The van der Waals surface area contributed by atoms with Crippen LogP contribution in [0.5, 0.6) is 0 Å². The highest BCUT2D eigenvalue weighted by molar-refractivity contribution is 5.76. The van der Waals surface area contributed by atoms with Crippen molar-refractivity contribution in [2.24, 2.45) is 0 Å². The summed E-state index contributed by atoms with van der Waals surface area (Å²) >= 11 is 0. The van der Waals surface area contributed by atoms with Crippen molar-refractivity contribution in [2.45, 2.75) is 370 Å². The van der Waals surface area contributed by atoms with Crippen molar-refractivity contribution in [3.8, 4) is 0 Å². The van der Waals surface area contributed by atoms with Crippen LogP contribution in [0.1, 0.15) is 296 Å². The number of ether oxygens (including phenoxy) is 4. The zero-order valence-corrected chi connectivity index (χ0v) is 53.4. The third-order valence-corrected chi connectivity index (χ3v) is 17.0. The maximum Gasteiger partial charge on any atom is 0.220 e. The Labute approximate surface area is 512 Å². The quantitative estimate of drug-likeness (QED) is 0.0204. The van der Waals surface area contributed by atoms with Crippen LogP contribution in [-0.2, 0) is 23.7 Å². The summed E-state index contributed by atoms with van der Waals surface area (Å²) in [5.74, 6) is -0.236. The number of carbonyl (C=O) groups excluding carboxylic acids is 1. The zero-order valence-electron chi connectivity index (χ0n) is 53.4. The zero-order chi connectivity index (χ0) is 60.9. The Hall–Kier alpha value is -2.05. The monoisotopic (exact) mass is 1190 g/mol. The number of nitrogens with one attached hydrogen (secondary N) is 1. The molecule has 0 saturated carbocycles. The molecule has 12 unspecified atom stereocenters. The van der Waals surface area contributed by atoms with Crippen LogP contribution in [0.4, 0.5) is 0 Å². The molecule has 0 aliphatic carbocycles. The Morgan fingerprint density at radius 2 is 0.786 bits per heavy atom. The van der Waals surface area contributed by atoms with Crippen LogP contribution < -0.4 is 5.32 Å². The van der Waals surface area contributed by atoms with Gasteiger partial charge < -0.3 is 65.1 Å². The lowest BCUT2D eigenvalue weighted by atomic mass is 9.97. The van der Waals surface area contributed by atoms with E-state index in [0.29, 0.717) is 6.42 Å². The predicted molar refractivity (Wildman–Crippen MR) is 341 cm³/mol. The van der Waals surface area contributed by atoms with Gasteiger partial charge in [0.15, 0.2) is 12.6 Å². The van der Waals surface area contributed by atoms with Gasteiger partial charge in [-0.3, -0.25) is 4.79 Å². The largest absolute Gasteiger partial charge is 0.394 e. The summed E-state index contributed by atoms with van der Waals surface area (Å²) in [6.45, 7) is 2.81. The molecule has 0 aromatic carbocycles. The molecule has 2 heterocycles. The SMILES string of the molecule is CCCCCCC/C=C\C/C=C\C/C=C\CCCCCCCCCCCCCCCCCCCCCCC(=O)NC(COC1OC(CO)C(OC2OC(CO)C(O)C(O)C2O)C(O)C1O)C(O)/C=C/CCCCCCCCCCCCCCC. The standard InChI is InChI=1S/C70H129NO13/c1-3-5-7-9-11-13-15-17-19-20-21-22-23-24-25-26-27-28-29-30-31-32-33-34-35-36-37-38-40-42-44-46-48-50-52-54-62(75)71-58(59(74)53-51-49-47-45-43-41-39-18-16-14-12-10-8-6-4-2)57-81-69-67(80)65(78)68(61(56-73)83-69)84-70-66(79)64(77)63(76)60(55-72)82-70/h15,17,20-21,23-24,51,53,58-61,63-70,72-74,76-80H,3-14,16,18-19,22,25-50,52,54-57H2,1-2H3,(H,71,75)/b17-15-,21-20-,24-23-,53-51+. The molecule has 9 N–H and O–H groups in total. The van der Waals surface area contributed by atoms with E-state index in [2.05, 4.69) is 55.6 Å². The average molecular weight is 1190 g/mol. The van der Waals surface area contributed by atoms with Crippen molar-refractivity contribution >= 4 is 5.91 Å². The van der Waals surface area contributed by atoms with Crippen LogP contribution in [0.15, 0.2) is 48.6 Å². The number of amides is 1. The number of aliphatic hydroxyl groups is 8. The Morgan fingerprint density at radius 1 is 0.429 bits per heavy atom. The second-order valence-electron chi connectivity index (χ2n) is 24.7. The van der Waals surface area contributed by atoms with Gasteiger partial charge in [0.05, 0.1) is 32.0 Å². The topological polar surface area (TPSA) is 228 Å². The predicted octanol–water partition coefficient (Wildman–Crippen LogP) is 13.9. The average Bonchev–Trinajstić information content (AvgIpc) is 3.23. The second kappa shape index (κ2) is 55.1. The molecule has 2 saturated heterocycles. The summed E-state index contributed by atoms with van der Waals surface area (Å²) in [5, 5.41) is 87.3. The van der Waals surface area contributed by atoms with E-state index in [1.54, 1.807) is 6.08 Å². The first-order chi connectivity index (χ1) is 41.1. The van der Waals surface area contributed by atoms with Gasteiger partial charge in [0.2, 0.25) is 5.91 Å². The first-order valence-corrected chi connectivity index (χ1v) is 34.9. The summed E-state index contributed by atoms with van der Waals surface area (Å²) in [6.07, 6.45) is 54.6. The second-order valence-corrected chi connectivity index (χ2v) is 24.7. The van der Waals surface area contributed by atoms with Gasteiger partial charge in [-0.1, -0.05) is 281 Å². The van der Waals surface area contributed by atoms with E-state index in [-0.39, 0.29) is 18.9 Å². The summed E-state index contributed by atoms with van der Waals surface area (Å²) in [4.78, 5) is 13.3. The molecule has 492 valence electrons. The number of aliphatic hydroxyl groups excluding tert-OH is 8. The van der Waals surface area contributed by atoms with E-state index in [1.165, 1.54) is 218 Å². The molecule has 14 heteroatoms. The van der Waals surface area contributed by atoms with Gasteiger partial charge in [-0.25, -0.2) is 0 Å². The summed E-state index contributed by atoms with van der Waals surface area (Å²) in [5.41, 5.74) is 0. The molecule has 1 amide bonds. The van der Waals surface area contributed by atoms with Crippen molar-refractivity contribution in [2.75, 3.05) is 19.8 Å². The molecule has 0 aromatic rings. The third-order valence-electron chi connectivity index (χ3n) is 17.0. The van der Waals surface area contributed by atoms with Crippen molar-refractivity contribution < 1.29 is 64.6 Å². The summed E-state index contributed by atoms with van der Waals surface area (Å²) in [6, 6.07) is -0.914. The van der Waals surface area contributed by atoms with Gasteiger partial charge in [0.1, 0.15) is 48.8 Å². The lowest BCUT2D eigenvalue weighted by Crippen LogP contribution is -2.65. The van der Waals surface area contributed by atoms with Crippen molar-refractivity contribution in [1.29, 1.82) is 0 Å². The number of unbranched alkanes of at least 4 members (excludes halogenated alkanes) is 38. The molecule has 0 bridgehead atoms. The summed E-state index contributed by atoms with van der Waals surface area (Å²) < 4.78 is 22.8. The molecule has 0 spiro atoms. The van der Waals surface area contributed by atoms with Crippen molar-refractivity contribution in [3.05, 3.63) is 48.6 Å². The molecule has 2 aliphatic rings. The number of hydrogen-bond acceptors (Lipinski definition) is 13. The van der Waals surface area contributed by atoms with Crippen LogP contribution in [0.25, 0.3) is 0 Å². The Kier molecular flexibility index (Phi) is 51.1. The number of hydrogen-bond donors (Lipinski definition) is 9. The molecule has 0 aromatic heterocycles. The maximum absolute atomic E-state index is 13.3. The highest BCUT2D eigenvalue weighted by Gasteiger charge is 2.51. The highest BCUT2D eigenvalue weighted by Crippen LogP contribution is 2.30. The molecule has 2 fully saturated rings. The number of allylic oxidation sites excluding steroid dienone is 7. The van der Waals surface area contributed by atoms with E-state index in [1.807, 2.05) is 6.08 Å². The maximum atomic E-state index is 13.3. The molecule has 84 heavy (non-hydrogen) atoms. The first kappa shape index (κ1) is 78.0. The van der Waals surface area contributed by atoms with Crippen LogP contribution in [0.3, 0.4) is 0 Å². The molecule has 14 nitrogen and oxygen atoms in total. The first-order valence-electron chi connectivity index (χ1n) is 34.9. The Morgan fingerprint density at radius 3 is 1.20 bits per heavy atom. The fraction of sp³-hybridized carbons (Fsp3) is 0.871. The number of rotatable bonds is 57. The van der Waals surface area contributed by atoms with Crippen molar-refractivity contribution in [1.82, 2.24) is 5.32 Å². The van der Waals surface area contributed by atoms with Gasteiger partial charge >= 0.3 is 0 Å². The molecule has 12 atom stereocenters. The summed E-state index contributed by atoms with van der Waals surface area (Å²) in [7, 11) is 0. The van der Waals surface area contributed by atoms with Gasteiger partial charge in [-0.2, -0.15) is 0 Å². The molecular formula is C70H129NO13. The Bertz CT molecular complexity index is 1590. The van der Waals surface area contributed by atoms with Crippen LogP contribution in [-0.4, -0.2) is 140 Å². The molecule has 2 rings (SSSR count). The minimum Gasteiger partial charge on any atom is -0.394 e. The van der Waals surface area contributed by atoms with E-state index in [9.17, 15) is 45.6 Å². The number of carbonyl (C=O) groups is 1. The van der Waals surface area contributed by atoms with Crippen LogP contribution in [0, 0.1) is 0 Å². The van der Waals surface area contributed by atoms with Crippen LogP contribution in [0.2, 0.25) is 0 Å². The van der Waals surface area contributed by atoms with E-state index < -0.39 is 86.8 Å². The van der Waals surface area contributed by atoms with Gasteiger partial charge in [0, 0.05) is 6.42 Å². The van der Waals surface area contributed by atoms with E-state index in [4.69, 9.17) is 18.9 Å². The molecule has 2 aliphatic heterocycles. The normalized spacial score (nSPS) is 23.9. The minimum absolute atomic E-state index is 0.236. The Balaban J connectivity index is 1.61. The van der Waals surface area contributed by atoms with Crippen LogP contribution >= 0.6 is 0 Å². The fourth-order valence-electron chi connectivity index (χ4n) is 11.4. The molecule has 0 radical (unpaired) electrons. The van der Waals surface area contributed by atoms with Gasteiger partial charge in [-0.15, -0.1) is 0 Å². The highest BCUT2D eigenvalue weighted by atomic mass is 16.7. The van der Waals surface area contributed by atoms with E-state index >= 15 is 0 Å².